The molecule has 0 aliphatic carbocycles. The van der Waals surface area contributed by atoms with Gasteiger partial charge in [0.2, 0.25) is 0 Å². The SMILES string of the molecule is OC(c1cccnc1)c1cc2cnccc2o1. The van der Waals surface area contributed by atoms with Crippen molar-refractivity contribution in [1.29, 1.82) is 0 Å². The highest BCUT2D eigenvalue weighted by molar-refractivity contribution is 5.76. The lowest BCUT2D eigenvalue weighted by atomic mass is 10.1. The van der Waals surface area contributed by atoms with Crippen LogP contribution in [0.15, 0.2) is 53.5 Å². The number of aromatic nitrogens is 2. The van der Waals surface area contributed by atoms with Crippen LogP contribution in [0.3, 0.4) is 0 Å². The maximum Gasteiger partial charge on any atom is 0.138 e. The van der Waals surface area contributed by atoms with Crippen LogP contribution < -0.4 is 0 Å². The molecule has 1 unspecified atom stereocenters. The third-order valence-corrected chi connectivity index (χ3v) is 2.61. The molecule has 0 aliphatic heterocycles. The minimum Gasteiger partial charge on any atom is -0.458 e. The van der Waals surface area contributed by atoms with Crippen LogP contribution in [0.2, 0.25) is 0 Å². The smallest absolute Gasteiger partial charge is 0.138 e. The summed E-state index contributed by atoms with van der Waals surface area (Å²) in [7, 11) is 0. The van der Waals surface area contributed by atoms with Crippen LogP contribution in [0.5, 0.6) is 0 Å². The molecular formula is C13H10N2O2. The first-order valence-electron chi connectivity index (χ1n) is 5.26. The number of rotatable bonds is 2. The molecule has 3 aromatic rings. The molecule has 84 valence electrons. The van der Waals surface area contributed by atoms with Crippen LogP contribution in [0, 0.1) is 0 Å². The third-order valence-electron chi connectivity index (χ3n) is 2.61. The van der Waals surface area contributed by atoms with Crippen LogP contribution in [0.1, 0.15) is 17.4 Å². The lowest BCUT2D eigenvalue weighted by Gasteiger charge is -2.06. The van der Waals surface area contributed by atoms with E-state index in [9.17, 15) is 5.11 Å². The van der Waals surface area contributed by atoms with Gasteiger partial charge in [0.15, 0.2) is 0 Å². The zero-order chi connectivity index (χ0) is 11.7. The average Bonchev–Trinajstić information content (AvgIpc) is 2.82. The maximum atomic E-state index is 10.1. The Morgan fingerprint density at radius 1 is 1.12 bits per heavy atom. The van der Waals surface area contributed by atoms with E-state index in [-0.39, 0.29) is 0 Å². The predicted octanol–water partition coefficient (Wildman–Crippen LogP) is 2.30. The van der Waals surface area contributed by atoms with Gasteiger partial charge in [-0.05, 0) is 18.2 Å². The van der Waals surface area contributed by atoms with Crippen molar-refractivity contribution in [3.8, 4) is 0 Å². The molecule has 17 heavy (non-hydrogen) atoms. The largest absolute Gasteiger partial charge is 0.458 e. The fourth-order valence-corrected chi connectivity index (χ4v) is 1.74. The minimum absolute atomic E-state index is 0.501. The van der Waals surface area contributed by atoms with Crippen LogP contribution in [-0.2, 0) is 0 Å². The van der Waals surface area contributed by atoms with Crippen LogP contribution in [0.4, 0.5) is 0 Å². The second kappa shape index (κ2) is 3.99. The molecule has 3 aromatic heterocycles. The molecule has 0 fully saturated rings. The highest BCUT2D eigenvalue weighted by Crippen LogP contribution is 2.26. The van der Waals surface area contributed by atoms with E-state index in [2.05, 4.69) is 9.97 Å². The number of aliphatic hydroxyl groups is 1. The number of hydrogen-bond acceptors (Lipinski definition) is 4. The van der Waals surface area contributed by atoms with Gasteiger partial charge in [-0.3, -0.25) is 9.97 Å². The van der Waals surface area contributed by atoms with Crippen LogP contribution in [0.25, 0.3) is 11.0 Å². The van der Waals surface area contributed by atoms with Crippen molar-refractivity contribution in [3.05, 3.63) is 60.4 Å². The number of fused-ring (bicyclic) bond motifs is 1. The Kier molecular flexibility index (Phi) is 2.34. The van der Waals surface area contributed by atoms with Gasteiger partial charge in [-0.25, -0.2) is 0 Å². The molecule has 3 rings (SSSR count). The van der Waals surface area contributed by atoms with E-state index in [0.717, 1.165) is 11.0 Å². The molecule has 3 heterocycles. The van der Waals surface area contributed by atoms with E-state index in [1.54, 1.807) is 43.0 Å². The Morgan fingerprint density at radius 3 is 2.76 bits per heavy atom. The summed E-state index contributed by atoms with van der Waals surface area (Å²) in [4.78, 5) is 7.98. The normalized spacial score (nSPS) is 12.8. The zero-order valence-corrected chi connectivity index (χ0v) is 8.95. The minimum atomic E-state index is -0.795. The molecule has 1 N–H and O–H groups in total. The molecule has 0 bridgehead atoms. The Morgan fingerprint density at radius 2 is 2.00 bits per heavy atom. The first kappa shape index (κ1) is 9.99. The standard InChI is InChI=1S/C13H10N2O2/c16-13(9-2-1-4-14-7-9)12-6-10-8-15-5-3-11(10)17-12/h1-8,13,16H. The van der Waals surface area contributed by atoms with Crippen LogP contribution >= 0.6 is 0 Å². The maximum absolute atomic E-state index is 10.1. The van der Waals surface area contributed by atoms with Crippen molar-refractivity contribution in [2.45, 2.75) is 6.10 Å². The summed E-state index contributed by atoms with van der Waals surface area (Å²) < 4.78 is 5.57. The Labute approximate surface area is 97.6 Å². The molecule has 0 saturated heterocycles. The molecule has 1 atom stereocenters. The lowest BCUT2D eigenvalue weighted by Crippen LogP contribution is -1.97. The van der Waals surface area contributed by atoms with E-state index in [4.69, 9.17) is 4.42 Å². The Hall–Kier alpha value is -2.20. The summed E-state index contributed by atoms with van der Waals surface area (Å²) in [6, 6.07) is 7.15. The molecule has 0 radical (unpaired) electrons. The topological polar surface area (TPSA) is 59.2 Å². The third kappa shape index (κ3) is 1.79. The van der Waals surface area contributed by atoms with Gasteiger partial charge in [0.05, 0.1) is 0 Å². The summed E-state index contributed by atoms with van der Waals surface area (Å²) in [5.41, 5.74) is 1.43. The van der Waals surface area contributed by atoms with Crippen molar-refractivity contribution >= 4 is 11.0 Å². The van der Waals surface area contributed by atoms with E-state index in [1.165, 1.54) is 0 Å². The number of hydrogen-bond donors (Lipinski definition) is 1. The van der Waals surface area contributed by atoms with Gasteiger partial charge in [-0.15, -0.1) is 0 Å². The van der Waals surface area contributed by atoms with Gasteiger partial charge >= 0.3 is 0 Å². The Balaban J connectivity index is 2.04. The molecule has 0 saturated carbocycles. The van der Waals surface area contributed by atoms with Gasteiger partial charge in [-0.1, -0.05) is 6.07 Å². The number of furan rings is 1. The molecule has 0 aromatic carbocycles. The van der Waals surface area contributed by atoms with Crippen molar-refractivity contribution in [1.82, 2.24) is 9.97 Å². The molecule has 0 spiro atoms. The Bertz CT molecular complexity index is 601. The zero-order valence-electron chi connectivity index (χ0n) is 8.95. The van der Waals surface area contributed by atoms with Crippen molar-refractivity contribution < 1.29 is 9.52 Å². The van der Waals surface area contributed by atoms with Gasteiger partial charge < -0.3 is 9.52 Å². The lowest BCUT2D eigenvalue weighted by molar-refractivity contribution is 0.192. The fourth-order valence-electron chi connectivity index (χ4n) is 1.74. The average molecular weight is 226 g/mol. The number of nitrogens with zero attached hydrogens (tertiary/aromatic N) is 2. The van der Waals surface area contributed by atoms with Crippen LogP contribution in [-0.4, -0.2) is 15.1 Å². The second-order valence-electron chi connectivity index (χ2n) is 3.75. The number of pyridine rings is 2. The highest BCUT2D eigenvalue weighted by Gasteiger charge is 2.15. The summed E-state index contributed by atoms with van der Waals surface area (Å²) in [6.07, 6.45) is 5.86. The summed E-state index contributed by atoms with van der Waals surface area (Å²) >= 11 is 0. The molecular weight excluding hydrogens is 216 g/mol. The van der Waals surface area contributed by atoms with Gasteiger partial charge in [0.25, 0.3) is 0 Å². The molecule has 0 amide bonds. The molecule has 4 heteroatoms. The first-order chi connectivity index (χ1) is 8.34. The van der Waals surface area contributed by atoms with E-state index in [0.29, 0.717) is 11.3 Å². The number of aliphatic hydroxyl groups excluding tert-OH is 1. The molecule has 4 nitrogen and oxygen atoms in total. The summed E-state index contributed by atoms with van der Waals surface area (Å²) in [5, 5.41) is 11.0. The van der Waals surface area contributed by atoms with Gasteiger partial charge in [0.1, 0.15) is 17.4 Å². The fraction of sp³-hybridized carbons (Fsp3) is 0.0769. The van der Waals surface area contributed by atoms with E-state index in [1.807, 2.05) is 6.07 Å². The van der Waals surface area contributed by atoms with E-state index >= 15 is 0 Å². The molecule has 0 aliphatic rings. The highest BCUT2D eigenvalue weighted by atomic mass is 16.4. The van der Waals surface area contributed by atoms with Gasteiger partial charge in [0, 0.05) is 35.7 Å². The van der Waals surface area contributed by atoms with Crippen molar-refractivity contribution in [2.75, 3.05) is 0 Å². The summed E-state index contributed by atoms with van der Waals surface area (Å²) in [6.45, 7) is 0. The first-order valence-corrected chi connectivity index (χ1v) is 5.26. The summed E-state index contributed by atoms with van der Waals surface area (Å²) in [5.74, 6) is 0.501. The second-order valence-corrected chi connectivity index (χ2v) is 3.75. The monoisotopic (exact) mass is 226 g/mol. The predicted molar refractivity (Wildman–Crippen MR) is 62.3 cm³/mol. The quantitative estimate of drug-likeness (QED) is 0.728. The van der Waals surface area contributed by atoms with Crippen molar-refractivity contribution in [3.63, 3.8) is 0 Å². The van der Waals surface area contributed by atoms with E-state index < -0.39 is 6.10 Å². The van der Waals surface area contributed by atoms with Gasteiger partial charge in [-0.2, -0.15) is 0 Å². The van der Waals surface area contributed by atoms with Crippen molar-refractivity contribution in [2.24, 2.45) is 0 Å².